The van der Waals surface area contributed by atoms with E-state index in [1.54, 1.807) is 19.1 Å². The number of esters is 1. The predicted octanol–water partition coefficient (Wildman–Crippen LogP) is 1.20. The minimum absolute atomic E-state index is 0.384. The average Bonchev–Trinajstić information content (AvgIpc) is 2.69. The van der Waals surface area contributed by atoms with Crippen molar-refractivity contribution in [3.8, 4) is 0 Å². The molecule has 1 unspecified atom stereocenters. The summed E-state index contributed by atoms with van der Waals surface area (Å²) in [5.74, 6) is -1.29. The number of ether oxygens (including phenoxy) is 1. The summed E-state index contributed by atoms with van der Waals surface area (Å²) in [4.78, 5) is 22.4. The third-order valence-corrected chi connectivity index (χ3v) is 2.91. The van der Waals surface area contributed by atoms with E-state index in [1.165, 1.54) is 7.11 Å². The molecular weight excluding hydrogens is 222 g/mol. The summed E-state index contributed by atoms with van der Waals surface area (Å²) in [6.45, 7) is 1.79. The van der Waals surface area contributed by atoms with E-state index in [9.17, 15) is 9.59 Å². The molecule has 0 spiro atoms. The van der Waals surface area contributed by atoms with Crippen molar-refractivity contribution in [2.45, 2.75) is 19.4 Å². The van der Waals surface area contributed by atoms with Gasteiger partial charge in [0, 0.05) is 12.1 Å². The highest BCUT2D eigenvalue weighted by Crippen LogP contribution is 2.29. The summed E-state index contributed by atoms with van der Waals surface area (Å²) < 4.78 is 4.68. The molecule has 17 heavy (non-hydrogen) atoms. The van der Waals surface area contributed by atoms with E-state index in [4.69, 9.17) is 5.11 Å². The van der Waals surface area contributed by atoms with Gasteiger partial charge in [-0.3, -0.25) is 0 Å². The molecule has 1 aliphatic rings. The Kier molecular flexibility index (Phi) is 2.75. The lowest BCUT2D eigenvalue weighted by atomic mass is 10.0. The van der Waals surface area contributed by atoms with Gasteiger partial charge in [-0.1, -0.05) is 0 Å². The molecule has 2 rings (SSSR count). The van der Waals surface area contributed by atoms with Crippen molar-refractivity contribution in [1.29, 1.82) is 0 Å². The maximum absolute atomic E-state index is 11.5. The summed E-state index contributed by atoms with van der Waals surface area (Å²) >= 11 is 0. The van der Waals surface area contributed by atoms with Crippen LogP contribution in [0.5, 0.6) is 0 Å². The Bertz CT molecular complexity index is 496. The molecule has 0 fully saturated rings. The van der Waals surface area contributed by atoms with Crippen molar-refractivity contribution in [1.82, 2.24) is 0 Å². The lowest BCUT2D eigenvalue weighted by Gasteiger charge is -2.07. The number of benzene rings is 1. The minimum Gasteiger partial charge on any atom is -0.480 e. The summed E-state index contributed by atoms with van der Waals surface area (Å²) in [5, 5.41) is 11.8. The Balaban J connectivity index is 2.37. The van der Waals surface area contributed by atoms with Crippen molar-refractivity contribution in [2.75, 3.05) is 12.4 Å². The van der Waals surface area contributed by atoms with Crippen LogP contribution in [0.2, 0.25) is 0 Å². The largest absolute Gasteiger partial charge is 0.480 e. The molecule has 5 nitrogen and oxygen atoms in total. The number of aryl methyl sites for hydroxylation is 1. The van der Waals surface area contributed by atoms with Crippen LogP contribution in [-0.2, 0) is 16.0 Å². The molecule has 0 saturated carbocycles. The van der Waals surface area contributed by atoms with Crippen LogP contribution >= 0.6 is 0 Å². The maximum atomic E-state index is 11.5. The highest BCUT2D eigenvalue weighted by molar-refractivity contribution is 5.93. The summed E-state index contributed by atoms with van der Waals surface area (Å²) in [6.07, 6.45) is 0.384. The van der Waals surface area contributed by atoms with Crippen molar-refractivity contribution >= 4 is 17.6 Å². The van der Waals surface area contributed by atoms with E-state index in [2.05, 4.69) is 10.1 Å². The number of carboxylic acid groups (broad SMARTS) is 1. The zero-order valence-corrected chi connectivity index (χ0v) is 9.61. The number of methoxy groups -OCH3 is 1. The Morgan fingerprint density at radius 3 is 2.76 bits per heavy atom. The lowest BCUT2D eigenvalue weighted by molar-refractivity contribution is -0.137. The fraction of sp³-hybridized carbons (Fsp3) is 0.333. The van der Waals surface area contributed by atoms with Crippen LogP contribution in [0.15, 0.2) is 12.1 Å². The first kappa shape index (κ1) is 11.4. The molecule has 5 heteroatoms. The monoisotopic (exact) mass is 235 g/mol. The van der Waals surface area contributed by atoms with Gasteiger partial charge in [-0.25, -0.2) is 9.59 Å². The molecule has 2 N–H and O–H groups in total. The molecule has 0 saturated heterocycles. The van der Waals surface area contributed by atoms with Gasteiger partial charge in [-0.15, -0.1) is 0 Å². The molecule has 0 amide bonds. The molecule has 0 bridgehead atoms. The number of carbonyl (C=O) groups is 2. The van der Waals surface area contributed by atoms with Gasteiger partial charge >= 0.3 is 11.9 Å². The molecule has 0 aromatic heterocycles. The standard InChI is InChI=1S/C12H13NO4/c1-6-3-9-7(4-8(6)12(16)17-2)5-10(13-9)11(14)15/h3-4,10,13H,5H2,1-2H3,(H,14,15). The normalized spacial score (nSPS) is 17.2. The topological polar surface area (TPSA) is 75.6 Å². The van der Waals surface area contributed by atoms with Gasteiger partial charge in [-0.05, 0) is 30.2 Å². The van der Waals surface area contributed by atoms with Crippen molar-refractivity contribution in [3.05, 3.63) is 28.8 Å². The first-order valence-electron chi connectivity index (χ1n) is 5.24. The van der Waals surface area contributed by atoms with Gasteiger partial charge in [0.1, 0.15) is 6.04 Å². The third kappa shape index (κ3) is 1.95. The molecule has 1 aromatic rings. The molecular formula is C12H13NO4. The minimum atomic E-state index is -0.890. The van der Waals surface area contributed by atoms with Crippen molar-refractivity contribution in [3.63, 3.8) is 0 Å². The van der Waals surface area contributed by atoms with E-state index >= 15 is 0 Å². The number of hydrogen-bond donors (Lipinski definition) is 2. The zero-order chi connectivity index (χ0) is 12.6. The number of fused-ring (bicyclic) bond motifs is 1. The molecule has 1 aliphatic heterocycles. The number of nitrogens with one attached hydrogen (secondary N) is 1. The number of rotatable bonds is 2. The second kappa shape index (κ2) is 4.08. The van der Waals surface area contributed by atoms with Crippen LogP contribution in [0.4, 0.5) is 5.69 Å². The Hall–Kier alpha value is -2.04. The molecule has 1 aromatic carbocycles. The second-order valence-electron chi connectivity index (χ2n) is 4.06. The second-order valence-corrected chi connectivity index (χ2v) is 4.06. The van der Waals surface area contributed by atoms with E-state index < -0.39 is 18.0 Å². The van der Waals surface area contributed by atoms with E-state index in [0.717, 1.165) is 16.8 Å². The third-order valence-electron chi connectivity index (χ3n) is 2.91. The maximum Gasteiger partial charge on any atom is 0.338 e. The Morgan fingerprint density at radius 1 is 1.47 bits per heavy atom. The van der Waals surface area contributed by atoms with Crippen LogP contribution in [0.25, 0.3) is 0 Å². The molecule has 0 radical (unpaired) electrons. The lowest BCUT2D eigenvalue weighted by Crippen LogP contribution is -2.26. The van der Waals surface area contributed by atoms with Gasteiger partial charge in [-0.2, -0.15) is 0 Å². The van der Waals surface area contributed by atoms with E-state index in [1.807, 2.05) is 0 Å². The van der Waals surface area contributed by atoms with Gasteiger partial charge in [0.15, 0.2) is 0 Å². The van der Waals surface area contributed by atoms with Gasteiger partial charge in [0.25, 0.3) is 0 Å². The van der Waals surface area contributed by atoms with Crippen LogP contribution in [0.3, 0.4) is 0 Å². The first-order chi connectivity index (χ1) is 8.02. The molecule has 90 valence electrons. The molecule has 0 aliphatic carbocycles. The Labute approximate surface area is 98.4 Å². The predicted molar refractivity (Wildman–Crippen MR) is 61.3 cm³/mol. The Morgan fingerprint density at radius 2 is 2.18 bits per heavy atom. The highest BCUT2D eigenvalue weighted by Gasteiger charge is 2.27. The number of anilines is 1. The van der Waals surface area contributed by atoms with E-state index in [0.29, 0.717) is 12.0 Å². The fourth-order valence-electron chi connectivity index (χ4n) is 1.99. The van der Waals surface area contributed by atoms with Gasteiger partial charge < -0.3 is 15.2 Å². The average molecular weight is 235 g/mol. The van der Waals surface area contributed by atoms with E-state index in [-0.39, 0.29) is 0 Å². The smallest absolute Gasteiger partial charge is 0.338 e. The number of carbonyl (C=O) groups excluding carboxylic acids is 1. The fourth-order valence-corrected chi connectivity index (χ4v) is 1.99. The van der Waals surface area contributed by atoms with Crippen LogP contribution in [0.1, 0.15) is 21.5 Å². The summed E-state index contributed by atoms with van der Waals surface area (Å²) in [5.41, 5.74) is 2.87. The zero-order valence-electron chi connectivity index (χ0n) is 9.61. The molecule has 1 heterocycles. The SMILES string of the molecule is COC(=O)c1cc2c(cc1C)NC(C(=O)O)C2. The highest BCUT2D eigenvalue weighted by atomic mass is 16.5. The molecule has 1 atom stereocenters. The van der Waals surface area contributed by atoms with Crippen LogP contribution < -0.4 is 5.32 Å². The quantitative estimate of drug-likeness (QED) is 0.753. The number of aliphatic carboxylic acids is 1. The number of hydrogen-bond acceptors (Lipinski definition) is 4. The van der Waals surface area contributed by atoms with Gasteiger partial charge in [0.2, 0.25) is 0 Å². The van der Waals surface area contributed by atoms with Gasteiger partial charge in [0.05, 0.1) is 12.7 Å². The first-order valence-corrected chi connectivity index (χ1v) is 5.24. The number of carboxylic acids is 1. The van der Waals surface area contributed by atoms with Crippen LogP contribution in [-0.4, -0.2) is 30.2 Å². The summed E-state index contributed by atoms with van der Waals surface area (Å²) in [6, 6.07) is 2.87. The van der Waals surface area contributed by atoms with Crippen molar-refractivity contribution in [2.24, 2.45) is 0 Å². The summed E-state index contributed by atoms with van der Waals surface area (Å²) in [7, 11) is 1.33. The van der Waals surface area contributed by atoms with Crippen LogP contribution in [0, 0.1) is 6.92 Å². The van der Waals surface area contributed by atoms with Crippen molar-refractivity contribution < 1.29 is 19.4 Å².